The topological polar surface area (TPSA) is 0 Å². The number of benzene rings is 3. The summed E-state index contributed by atoms with van der Waals surface area (Å²) in [5.74, 6) is 3.11. The van der Waals surface area contributed by atoms with E-state index in [1.165, 1.54) is 22.3 Å². The fraction of sp³-hybridized carbons (Fsp3) is 0.0476. The predicted molar refractivity (Wildman–Crippen MR) is 87.0 cm³/mol. The van der Waals surface area contributed by atoms with E-state index >= 15 is 0 Å². The van der Waals surface area contributed by atoms with Crippen molar-refractivity contribution < 1.29 is 0 Å². The second-order valence-electron chi connectivity index (χ2n) is 5.35. The van der Waals surface area contributed by atoms with Crippen LogP contribution in [0.3, 0.4) is 0 Å². The van der Waals surface area contributed by atoms with Crippen LogP contribution in [0.2, 0.25) is 0 Å². The van der Waals surface area contributed by atoms with Crippen LogP contribution in [-0.2, 0) is 5.41 Å². The summed E-state index contributed by atoms with van der Waals surface area (Å²) in [4.78, 5) is 0. The van der Waals surface area contributed by atoms with Crippen molar-refractivity contribution in [1.82, 2.24) is 0 Å². The Kier molecular flexibility index (Phi) is 2.49. The minimum absolute atomic E-state index is 0.478. The zero-order chi connectivity index (χ0) is 14.3. The third-order valence-electron chi connectivity index (χ3n) is 4.38. The monoisotopic (exact) mass is 266 g/mol. The fourth-order valence-electron chi connectivity index (χ4n) is 3.47. The van der Waals surface area contributed by atoms with E-state index in [9.17, 15) is 0 Å². The number of rotatable bonds is 1. The first-order chi connectivity index (χ1) is 10.4. The van der Waals surface area contributed by atoms with Crippen LogP contribution in [0.4, 0.5) is 0 Å². The highest BCUT2D eigenvalue weighted by Crippen LogP contribution is 2.51. The van der Waals surface area contributed by atoms with E-state index in [1.54, 1.807) is 0 Å². The van der Waals surface area contributed by atoms with Gasteiger partial charge in [-0.05, 0) is 27.8 Å². The van der Waals surface area contributed by atoms with Crippen molar-refractivity contribution in [2.75, 3.05) is 0 Å². The fourth-order valence-corrected chi connectivity index (χ4v) is 3.47. The Hall–Kier alpha value is -2.78. The van der Waals surface area contributed by atoms with Crippen molar-refractivity contribution in [2.45, 2.75) is 5.41 Å². The Morgan fingerprint density at radius 2 is 1.10 bits per heavy atom. The highest BCUT2D eigenvalue weighted by Gasteiger charge is 2.42. The average molecular weight is 266 g/mol. The smallest absolute Gasteiger partial charge is 0.107 e. The lowest BCUT2D eigenvalue weighted by Crippen LogP contribution is -2.24. The van der Waals surface area contributed by atoms with E-state index in [2.05, 4.69) is 78.7 Å². The van der Waals surface area contributed by atoms with Gasteiger partial charge in [0.25, 0.3) is 0 Å². The van der Waals surface area contributed by atoms with Crippen LogP contribution in [0.1, 0.15) is 16.7 Å². The van der Waals surface area contributed by atoms with E-state index in [-0.39, 0.29) is 0 Å². The average Bonchev–Trinajstić information content (AvgIpc) is 2.87. The van der Waals surface area contributed by atoms with Gasteiger partial charge in [0.1, 0.15) is 5.41 Å². The molecule has 0 fully saturated rings. The molecule has 0 radical (unpaired) electrons. The molecule has 0 spiro atoms. The Morgan fingerprint density at radius 3 is 1.62 bits per heavy atom. The maximum atomic E-state index is 6.08. The summed E-state index contributed by atoms with van der Waals surface area (Å²) < 4.78 is 0. The van der Waals surface area contributed by atoms with Crippen LogP contribution in [0.5, 0.6) is 0 Å². The maximum Gasteiger partial charge on any atom is 0.107 e. The molecule has 0 N–H and O–H groups in total. The van der Waals surface area contributed by atoms with Gasteiger partial charge in [-0.2, -0.15) is 0 Å². The molecule has 0 nitrogen and oxygen atoms in total. The van der Waals surface area contributed by atoms with Gasteiger partial charge < -0.3 is 0 Å². The SMILES string of the molecule is C#CC1(c2ccccc2)c2ccccc2-c2ccccc21. The molecule has 0 heterocycles. The standard InChI is InChI=1S/C21H14/c1-2-21(16-10-4-3-5-11-16)19-14-8-6-12-17(19)18-13-7-9-15-20(18)21/h1,3-15H. The van der Waals surface area contributed by atoms with Crippen molar-refractivity contribution in [1.29, 1.82) is 0 Å². The first-order valence-electron chi connectivity index (χ1n) is 7.10. The summed E-state index contributed by atoms with van der Waals surface area (Å²) in [5.41, 5.74) is 5.59. The van der Waals surface area contributed by atoms with Crippen molar-refractivity contribution in [2.24, 2.45) is 0 Å². The zero-order valence-electron chi connectivity index (χ0n) is 11.6. The van der Waals surface area contributed by atoms with Crippen LogP contribution >= 0.6 is 0 Å². The molecule has 0 atom stereocenters. The highest BCUT2D eigenvalue weighted by atomic mass is 14.4. The lowest BCUT2D eigenvalue weighted by molar-refractivity contribution is 0.838. The molecule has 1 aliphatic carbocycles. The van der Waals surface area contributed by atoms with Crippen LogP contribution in [-0.4, -0.2) is 0 Å². The summed E-state index contributed by atoms with van der Waals surface area (Å²) in [7, 11) is 0. The molecule has 21 heavy (non-hydrogen) atoms. The van der Waals surface area contributed by atoms with Gasteiger partial charge in [-0.25, -0.2) is 0 Å². The summed E-state index contributed by atoms with van der Waals surface area (Å²) in [6, 6.07) is 27.3. The lowest BCUT2D eigenvalue weighted by atomic mass is 9.73. The van der Waals surface area contributed by atoms with Gasteiger partial charge in [0.15, 0.2) is 0 Å². The van der Waals surface area contributed by atoms with E-state index in [1.807, 2.05) is 6.07 Å². The summed E-state index contributed by atoms with van der Waals surface area (Å²) >= 11 is 0. The van der Waals surface area contributed by atoms with E-state index < -0.39 is 5.41 Å². The van der Waals surface area contributed by atoms with Gasteiger partial charge in [-0.3, -0.25) is 0 Å². The summed E-state index contributed by atoms with van der Waals surface area (Å²) in [6.45, 7) is 0. The second kappa shape index (κ2) is 4.36. The van der Waals surface area contributed by atoms with Gasteiger partial charge >= 0.3 is 0 Å². The first kappa shape index (κ1) is 12.0. The van der Waals surface area contributed by atoms with Gasteiger partial charge in [0.2, 0.25) is 0 Å². The van der Waals surface area contributed by atoms with Crippen molar-refractivity contribution >= 4 is 0 Å². The molecule has 0 unspecified atom stereocenters. The molecular weight excluding hydrogens is 252 g/mol. The van der Waals surface area contributed by atoms with E-state index in [4.69, 9.17) is 6.42 Å². The molecule has 98 valence electrons. The predicted octanol–water partition coefficient (Wildman–Crippen LogP) is 4.63. The Balaban J connectivity index is 2.16. The highest BCUT2D eigenvalue weighted by molar-refractivity contribution is 5.85. The molecule has 3 aromatic carbocycles. The molecule has 4 rings (SSSR count). The Labute approximate surface area is 125 Å². The number of terminal acetylenes is 1. The summed E-state index contributed by atoms with van der Waals surface area (Å²) in [6.07, 6.45) is 6.08. The molecule has 0 aromatic heterocycles. The quantitative estimate of drug-likeness (QED) is 0.563. The molecule has 0 saturated heterocycles. The second-order valence-corrected chi connectivity index (χ2v) is 5.35. The number of hydrogen-bond acceptors (Lipinski definition) is 0. The molecule has 1 aliphatic rings. The third kappa shape index (κ3) is 1.46. The molecule has 0 heteroatoms. The van der Waals surface area contributed by atoms with Crippen LogP contribution in [0.15, 0.2) is 78.9 Å². The molecule has 0 bridgehead atoms. The van der Waals surface area contributed by atoms with Gasteiger partial charge in [-0.1, -0.05) is 84.8 Å². The normalized spacial score (nSPS) is 14.0. The van der Waals surface area contributed by atoms with Crippen molar-refractivity contribution in [3.63, 3.8) is 0 Å². The van der Waals surface area contributed by atoms with E-state index in [0.717, 1.165) is 5.56 Å². The maximum absolute atomic E-state index is 6.08. The Bertz CT molecular complexity index is 805. The molecular formula is C21H14. The molecule has 0 aliphatic heterocycles. The Morgan fingerprint density at radius 1 is 0.619 bits per heavy atom. The minimum atomic E-state index is -0.478. The minimum Gasteiger partial charge on any atom is -0.118 e. The summed E-state index contributed by atoms with van der Waals surface area (Å²) in [5, 5.41) is 0. The number of hydrogen-bond donors (Lipinski definition) is 0. The zero-order valence-corrected chi connectivity index (χ0v) is 11.6. The van der Waals surface area contributed by atoms with Crippen molar-refractivity contribution in [3.8, 4) is 23.5 Å². The van der Waals surface area contributed by atoms with Gasteiger partial charge in [0, 0.05) is 0 Å². The largest absolute Gasteiger partial charge is 0.118 e. The lowest BCUT2D eigenvalue weighted by Gasteiger charge is -2.26. The third-order valence-corrected chi connectivity index (χ3v) is 4.38. The van der Waals surface area contributed by atoms with Gasteiger partial charge in [0.05, 0.1) is 0 Å². The van der Waals surface area contributed by atoms with E-state index in [0.29, 0.717) is 0 Å². The molecule has 3 aromatic rings. The van der Waals surface area contributed by atoms with Crippen LogP contribution in [0, 0.1) is 12.3 Å². The molecule has 0 amide bonds. The first-order valence-corrected chi connectivity index (χ1v) is 7.10. The molecule has 0 saturated carbocycles. The van der Waals surface area contributed by atoms with Crippen LogP contribution in [0.25, 0.3) is 11.1 Å². The van der Waals surface area contributed by atoms with Crippen molar-refractivity contribution in [3.05, 3.63) is 95.6 Å². The van der Waals surface area contributed by atoms with Crippen LogP contribution < -0.4 is 0 Å². The van der Waals surface area contributed by atoms with Gasteiger partial charge in [-0.15, -0.1) is 6.42 Å². The number of fused-ring (bicyclic) bond motifs is 3.